The molecular weight excluding hydrogens is 441 g/mol. The summed E-state index contributed by atoms with van der Waals surface area (Å²) in [4.78, 5) is -0.354. The van der Waals surface area contributed by atoms with E-state index in [9.17, 15) is 30.4 Å². The molecule has 0 amide bonds. The molecule has 6 nitrogen and oxygen atoms in total. The maximum absolute atomic E-state index is 12.8. The van der Waals surface area contributed by atoms with E-state index in [0.29, 0.717) is 11.1 Å². The molecule has 0 bridgehead atoms. The monoisotopic (exact) mass is 456 g/mol. The van der Waals surface area contributed by atoms with Crippen molar-refractivity contribution >= 4 is 32.7 Å². The third-order valence-electron chi connectivity index (χ3n) is 4.17. The first kappa shape index (κ1) is 22.0. The fraction of sp³-hybridized carbons (Fsp3) is 0.0526. The Morgan fingerprint density at radius 1 is 0.900 bits per heavy atom. The standard InChI is InChI=1S/C19H15F3N2O4S2/c20-19(21,22)15-10-8-13(9-11-15)14-4-3-5-16(12-14)24(29(25)26)17-6-1-2-7-18(17)30(23,27)28/h1-12H,(H,25,26)(H2,23,27,28). The van der Waals surface area contributed by atoms with Crippen LogP contribution in [0.5, 0.6) is 0 Å². The first-order valence-corrected chi connectivity index (χ1v) is 10.9. The minimum absolute atomic E-state index is 0.120. The van der Waals surface area contributed by atoms with E-state index in [0.717, 1.165) is 16.4 Å². The maximum Gasteiger partial charge on any atom is 0.416 e. The number of nitrogens with two attached hydrogens (primary N) is 1. The molecule has 3 aromatic carbocycles. The van der Waals surface area contributed by atoms with Gasteiger partial charge in [0.25, 0.3) is 11.3 Å². The number of anilines is 2. The average molecular weight is 456 g/mol. The van der Waals surface area contributed by atoms with Crippen molar-refractivity contribution < 1.29 is 30.4 Å². The summed E-state index contributed by atoms with van der Waals surface area (Å²) < 4.78 is 84.9. The van der Waals surface area contributed by atoms with Gasteiger partial charge in [-0.1, -0.05) is 36.4 Å². The highest BCUT2D eigenvalue weighted by atomic mass is 32.2. The minimum atomic E-state index is -4.47. The minimum Gasteiger partial charge on any atom is -0.289 e. The molecule has 0 radical (unpaired) electrons. The number of nitrogens with zero attached hydrogens (tertiary/aromatic N) is 1. The molecule has 3 aromatic rings. The maximum atomic E-state index is 12.8. The van der Waals surface area contributed by atoms with Gasteiger partial charge >= 0.3 is 6.18 Å². The molecule has 0 aliphatic rings. The molecule has 0 heterocycles. The van der Waals surface area contributed by atoms with Crippen LogP contribution in [0.4, 0.5) is 24.5 Å². The highest BCUT2D eigenvalue weighted by molar-refractivity contribution is 7.89. The van der Waals surface area contributed by atoms with Crippen molar-refractivity contribution in [2.75, 3.05) is 4.31 Å². The molecule has 11 heteroatoms. The topological polar surface area (TPSA) is 101 Å². The SMILES string of the molecule is NS(=O)(=O)c1ccccc1N(c1cccc(-c2ccc(C(F)(F)F)cc2)c1)S(=O)O. The van der Waals surface area contributed by atoms with Gasteiger partial charge < -0.3 is 0 Å². The number of benzene rings is 3. The van der Waals surface area contributed by atoms with Crippen molar-refractivity contribution in [3.8, 4) is 11.1 Å². The molecule has 0 saturated heterocycles. The van der Waals surface area contributed by atoms with Crippen LogP contribution >= 0.6 is 0 Å². The molecule has 0 aromatic heterocycles. The predicted octanol–water partition coefficient (Wildman–Crippen LogP) is 4.29. The zero-order valence-corrected chi connectivity index (χ0v) is 16.7. The van der Waals surface area contributed by atoms with Gasteiger partial charge in [0.15, 0.2) is 0 Å². The van der Waals surface area contributed by atoms with E-state index in [1.807, 2.05) is 0 Å². The van der Waals surface area contributed by atoms with Gasteiger partial charge in [0, 0.05) is 0 Å². The first-order valence-electron chi connectivity index (χ1n) is 8.29. The lowest BCUT2D eigenvalue weighted by Crippen LogP contribution is -2.23. The number of primary sulfonamides is 1. The Balaban J connectivity index is 2.09. The van der Waals surface area contributed by atoms with Crippen LogP contribution < -0.4 is 9.44 Å². The Morgan fingerprint density at radius 3 is 2.10 bits per heavy atom. The lowest BCUT2D eigenvalue weighted by atomic mass is 10.0. The van der Waals surface area contributed by atoms with Gasteiger partial charge in [0.05, 0.1) is 16.9 Å². The second kappa shape index (κ2) is 8.19. The Bertz CT molecular complexity index is 1200. The lowest BCUT2D eigenvalue weighted by molar-refractivity contribution is -0.137. The van der Waals surface area contributed by atoms with Gasteiger partial charge in [0.2, 0.25) is 10.0 Å². The van der Waals surface area contributed by atoms with Crippen molar-refractivity contribution in [2.45, 2.75) is 11.1 Å². The van der Waals surface area contributed by atoms with E-state index in [1.165, 1.54) is 54.6 Å². The Kier molecular flexibility index (Phi) is 5.99. The number of para-hydroxylation sites is 1. The number of hydrogen-bond acceptors (Lipinski definition) is 3. The van der Waals surface area contributed by atoms with E-state index < -0.39 is 33.0 Å². The van der Waals surface area contributed by atoms with Gasteiger partial charge in [-0.2, -0.15) is 13.2 Å². The molecule has 0 aliphatic carbocycles. The van der Waals surface area contributed by atoms with Crippen LogP contribution in [0.1, 0.15) is 5.56 Å². The second-order valence-corrected chi connectivity index (χ2v) is 8.52. The zero-order chi connectivity index (χ0) is 22.1. The third kappa shape index (κ3) is 4.70. The Labute approximate surface area is 173 Å². The highest BCUT2D eigenvalue weighted by Crippen LogP contribution is 2.35. The van der Waals surface area contributed by atoms with E-state index >= 15 is 0 Å². The van der Waals surface area contributed by atoms with Crippen LogP contribution in [0.25, 0.3) is 11.1 Å². The predicted molar refractivity (Wildman–Crippen MR) is 108 cm³/mol. The van der Waals surface area contributed by atoms with Crippen LogP contribution in [-0.4, -0.2) is 17.2 Å². The summed E-state index contributed by atoms with van der Waals surface area (Å²) in [6.45, 7) is 0. The van der Waals surface area contributed by atoms with E-state index in [4.69, 9.17) is 5.14 Å². The fourth-order valence-electron chi connectivity index (χ4n) is 2.84. The molecule has 1 unspecified atom stereocenters. The highest BCUT2D eigenvalue weighted by Gasteiger charge is 2.30. The van der Waals surface area contributed by atoms with Crippen LogP contribution in [-0.2, 0) is 27.5 Å². The number of halogens is 3. The van der Waals surface area contributed by atoms with Crippen LogP contribution in [0.3, 0.4) is 0 Å². The molecule has 3 rings (SSSR count). The number of rotatable bonds is 5. The fourth-order valence-corrected chi connectivity index (χ4v) is 4.24. The average Bonchev–Trinajstić information content (AvgIpc) is 2.67. The van der Waals surface area contributed by atoms with Crippen molar-refractivity contribution in [1.29, 1.82) is 0 Å². The first-order chi connectivity index (χ1) is 14.0. The van der Waals surface area contributed by atoms with E-state index in [-0.39, 0.29) is 16.3 Å². The molecular formula is C19H15F3N2O4S2. The molecule has 0 fully saturated rings. The quantitative estimate of drug-likeness (QED) is 0.559. The van der Waals surface area contributed by atoms with Crippen LogP contribution in [0.15, 0.2) is 77.7 Å². The molecule has 3 N–H and O–H groups in total. The normalized spacial score (nSPS) is 13.1. The summed E-state index contributed by atoms with van der Waals surface area (Å²) in [6.07, 6.45) is -4.47. The van der Waals surface area contributed by atoms with Gasteiger partial charge in [-0.3, -0.25) is 4.55 Å². The van der Waals surface area contributed by atoms with Crippen LogP contribution in [0.2, 0.25) is 0 Å². The number of hydrogen-bond donors (Lipinski definition) is 2. The summed E-state index contributed by atoms with van der Waals surface area (Å²) >= 11 is -2.67. The van der Waals surface area contributed by atoms with Crippen molar-refractivity contribution in [3.63, 3.8) is 0 Å². The zero-order valence-electron chi connectivity index (χ0n) is 15.1. The van der Waals surface area contributed by atoms with Crippen molar-refractivity contribution in [3.05, 3.63) is 78.4 Å². The van der Waals surface area contributed by atoms with Gasteiger partial charge in [-0.25, -0.2) is 22.1 Å². The van der Waals surface area contributed by atoms with Crippen LogP contribution in [0, 0.1) is 0 Å². The summed E-state index contributed by atoms with van der Waals surface area (Å²) in [7, 11) is -4.19. The summed E-state index contributed by atoms with van der Waals surface area (Å²) in [5.41, 5.74) is 0.121. The molecule has 30 heavy (non-hydrogen) atoms. The molecule has 0 saturated carbocycles. The van der Waals surface area contributed by atoms with Crippen molar-refractivity contribution in [1.82, 2.24) is 0 Å². The van der Waals surface area contributed by atoms with Gasteiger partial charge in [-0.05, 0) is 47.5 Å². The molecule has 0 spiro atoms. The summed E-state index contributed by atoms with van der Waals surface area (Å²) in [6, 6.07) is 15.9. The summed E-state index contributed by atoms with van der Waals surface area (Å²) in [5, 5.41) is 5.22. The van der Waals surface area contributed by atoms with E-state index in [1.54, 1.807) is 6.07 Å². The number of sulfonamides is 1. The van der Waals surface area contributed by atoms with Gasteiger partial charge in [0.1, 0.15) is 4.90 Å². The van der Waals surface area contributed by atoms with E-state index in [2.05, 4.69) is 0 Å². The third-order valence-corrected chi connectivity index (χ3v) is 5.85. The van der Waals surface area contributed by atoms with Gasteiger partial charge in [-0.15, -0.1) is 0 Å². The molecule has 1 atom stereocenters. The summed E-state index contributed by atoms with van der Waals surface area (Å²) in [5.74, 6) is 0. The smallest absolute Gasteiger partial charge is 0.289 e. The number of alkyl halides is 3. The second-order valence-electron chi connectivity index (χ2n) is 6.16. The Morgan fingerprint density at radius 2 is 1.53 bits per heavy atom. The Hall–Kier alpha value is -2.73. The van der Waals surface area contributed by atoms with Crippen molar-refractivity contribution in [2.24, 2.45) is 5.14 Å². The molecule has 0 aliphatic heterocycles. The lowest BCUT2D eigenvalue weighted by Gasteiger charge is -2.22. The molecule has 158 valence electrons. The largest absolute Gasteiger partial charge is 0.416 e.